The molecule has 3 aromatic rings. The summed E-state index contributed by atoms with van der Waals surface area (Å²) >= 11 is 0. The summed E-state index contributed by atoms with van der Waals surface area (Å²) in [6.07, 6.45) is 0. The molecule has 7 heteroatoms. The van der Waals surface area contributed by atoms with E-state index in [-0.39, 0.29) is 6.79 Å². The van der Waals surface area contributed by atoms with Crippen molar-refractivity contribution < 1.29 is 14.0 Å². The van der Waals surface area contributed by atoms with Crippen LogP contribution in [0.1, 0.15) is 11.5 Å². The Kier molecular flexibility index (Phi) is 4.81. The molecule has 0 amide bonds. The predicted octanol–water partition coefficient (Wildman–Crippen LogP) is 2.43. The maximum atomic E-state index is 5.75. The third-order valence-electron chi connectivity index (χ3n) is 4.15. The molecule has 0 unspecified atom stereocenters. The molecule has 2 N–H and O–H groups in total. The van der Waals surface area contributed by atoms with Gasteiger partial charge in [-0.3, -0.25) is 4.90 Å². The molecular weight excluding hydrogens is 332 g/mol. The van der Waals surface area contributed by atoms with Crippen molar-refractivity contribution >= 4 is 0 Å². The van der Waals surface area contributed by atoms with Gasteiger partial charge in [-0.2, -0.15) is 4.98 Å². The third-order valence-corrected chi connectivity index (χ3v) is 4.15. The lowest BCUT2D eigenvalue weighted by Crippen LogP contribution is -2.28. The number of ether oxygens (including phenoxy) is 2. The molecule has 26 heavy (non-hydrogen) atoms. The van der Waals surface area contributed by atoms with Crippen molar-refractivity contribution in [3.05, 3.63) is 60.0 Å². The predicted molar refractivity (Wildman–Crippen MR) is 95.5 cm³/mol. The van der Waals surface area contributed by atoms with E-state index in [2.05, 4.69) is 27.2 Å². The average Bonchev–Trinajstić information content (AvgIpc) is 3.31. The van der Waals surface area contributed by atoms with Crippen LogP contribution in [0.25, 0.3) is 11.4 Å². The van der Waals surface area contributed by atoms with Crippen LogP contribution in [0.5, 0.6) is 11.5 Å². The van der Waals surface area contributed by atoms with Gasteiger partial charge in [0.2, 0.25) is 18.5 Å². The first-order valence-electron chi connectivity index (χ1n) is 8.51. The Bertz CT molecular complexity index is 866. The van der Waals surface area contributed by atoms with Crippen LogP contribution in [0.3, 0.4) is 0 Å². The second-order valence-electron chi connectivity index (χ2n) is 6.06. The maximum Gasteiger partial charge on any atom is 0.241 e. The second-order valence-corrected chi connectivity index (χ2v) is 6.06. The number of fused-ring (bicyclic) bond motifs is 1. The van der Waals surface area contributed by atoms with Crippen molar-refractivity contribution in [1.82, 2.24) is 15.0 Å². The van der Waals surface area contributed by atoms with Crippen LogP contribution in [0.4, 0.5) is 0 Å². The fraction of sp³-hybridized carbons (Fsp3) is 0.263. The van der Waals surface area contributed by atoms with Gasteiger partial charge in [0.15, 0.2) is 11.5 Å². The molecule has 4 rings (SSSR count). The van der Waals surface area contributed by atoms with Gasteiger partial charge < -0.3 is 19.7 Å². The monoisotopic (exact) mass is 352 g/mol. The summed E-state index contributed by atoms with van der Waals surface area (Å²) in [4.78, 5) is 6.70. The Balaban J connectivity index is 1.47. The van der Waals surface area contributed by atoms with E-state index < -0.39 is 0 Å². The molecule has 1 aliphatic heterocycles. The van der Waals surface area contributed by atoms with E-state index in [1.54, 1.807) is 0 Å². The van der Waals surface area contributed by atoms with E-state index in [0.29, 0.717) is 30.6 Å². The van der Waals surface area contributed by atoms with Gasteiger partial charge in [-0.05, 0) is 23.8 Å². The van der Waals surface area contributed by atoms with Crippen LogP contribution >= 0.6 is 0 Å². The molecule has 0 aliphatic carbocycles. The number of nitrogens with two attached hydrogens (primary N) is 1. The zero-order valence-electron chi connectivity index (χ0n) is 14.3. The largest absolute Gasteiger partial charge is 0.454 e. The molecule has 1 aromatic heterocycles. The summed E-state index contributed by atoms with van der Waals surface area (Å²) in [5, 5.41) is 4.09. The van der Waals surface area contributed by atoms with Crippen LogP contribution in [-0.4, -0.2) is 34.9 Å². The van der Waals surface area contributed by atoms with Crippen molar-refractivity contribution in [3.8, 4) is 22.9 Å². The molecular formula is C19H20N4O3. The van der Waals surface area contributed by atoms with Gasteiger partial charge in [-0.1, -0.05) is 35.5 Å². The van der Waals surface area contributed by atoms with E-state index in [9.17, 15) is 0 Å². The van der Waals surface area contributed by atoms with Gasteiger partial charge in [-0.25, -0.2) is 0 Å². The maximum absolute atomic E-state index is 5.75. The molecule has 0 fully saturated rings. The lowest BCUT2D eigenvalue weighted by molar-refractivity contribution is 0.174. The number of hydrogen-bond donors (Lipinski definition) is 1. The summed E-state index contributed by atoms with van der Waals surface area (Å²) in [6.45, 7) is 2.87. The molecule has 0 radical (unpaired) electrons. The van der Waals surface area contributed by atoms with Crippen molar-refractivity contribution in [1.29, 1.82) is 0 Å². The fourth-order valence-corrected chi connectivity index (χ4v) is 2.90. The average molecular weight is 352 g/mol. The molecule has 2 aromatic carbocycles. The Hall–Kier alpha value is -2.90. The first-order chi connectivity index (χ1) is 12.8. The van der Waals surface area contributed by atoms with E-state index in [1.807, 2.05) is 36.4 Å². The number of aromatic nitrogens is 2. The highest BCUT2D eigenvalue weighted by molar-refractivity contribution is 5.61. The minimum atomic E-state index is 0.240. The molecule has 0 bridgehead atoms. The number of hydrogen-bond acceptors (Lipinski definition) is 7. The summed E-state index contributed by atoms with van der Waals surface area (Å²) in [5.74, 6) is 2.52. The molecule has 0 spiro atoms. The number of rotatable bonds is 7. The molecule has 0 saturated heterocycles. The van der Waals surface area contributed by atoms with E-state index in [1.165, 1.54) is 5.56 Å². The summed E-state index contributed by atoms with van der Waals surface area (Å²) in [6, 6.07) is 15.9. The zero-order valence-corrected chi connectivity index (χ0v) is 14.3. The van der Waals surface area contributed by atoms with Crippen molar-refractivity contribution in [3.63, 3.8) is 0 Å². The number of nitrogens with zero attached hydrogens (tertiary/aromatic N) is 3. The van der Waals surface area contributed by atoms with Crippen LogP contribution in [0.15, 0.2) is 53.1 Å². The quantitative estimate of drug-likeness (QED) is 0.699. The molecule has 134 valence electrons. The van der Waals surface area contributed by atoms with Gasteiger partial charge in [0, 0.05) is 25.2 Å². The van der Waals surface area contributed by atoms with Crippen molar-refractivity contribution in [2.75, 3.05) is 19.9 Å². The summed E-state index contributed by atoms with van der Waals surface area (Å²) in [7, 11) is 0. The molecule has 0 saturated carbocycles. The molecule has 0 atom stereocenters. The first kappa shape index (κ1) is 16.6. The summed E-state index contributed by atoms with van der Waals surface area (Å²) in [5.41, 5.74) is 7.80. The SMILES string of the molecule is NCCN(Cc1ccccc1)Cc1nc(-c2ccc3c(c2)OCO3)no1. The highest BCUT2D eigenvalue weighted by Gasteiger charge is 2.17. The lowest BCUT2D eigenvalue weighted by Gasteiger charge is -2.19. The van der Waals surface area contributed by atoms with Gasteiger partial charge in [0.1, 0.15) is 0 Å². The Labute approximate surface area is 151 Å². The second kappa shape index (κ2) is 7.55. The van der Waals surface area contributed by atoms with E-state index in [4.69, 9.17) is 19.7 Å². The van der Waals surface area contributed by atoms with Gasteiger partial charge in [0.25, 0.3) is 0 Å². The number of benzene rings is 2. The highest BCUT2D eigenvalue weighted by atomic mass is 16.7. The van der Waals surface area contributed by atoms with Crippen LogP contribution < -0.4 is 15.2 Å². The van der Waals surface area contributed by atoms with Gasteiger partial charge >= 0.3 is 0 Å². The van der Waals surface area contributed by atoms with Gasteiger partial charge in [-0.15, -0.1) is 0 Å². The Morgan fingerprint density at radius 2 is 1.85 bits per heavy atom. The minimum absolute atomic E-state index is 0.240. The standard InChI is InChI=1S/C19H20N4O3/c20-8-9-23(11-14-4-2-1-3-5-14)12-18-21-19(22-26-18)15-6-7-16-17(10-15)25-13-24-16/h1-7,10H,8-9,11-13,20H2. The molecule has 2 heterocycles. The van der Waals surface area contributed by atoms with E-state index >= 15 is 0 Å². The Morgan fingerprint density at radius 1 is 1.00 bits per heavy atom. The summed E-state index contributed by atoms with van der Waals surface area (Å²) < 4.78 is 16.2. The highest BCUT2D eigenvalue weighted by Crippen LogP contribution is 2.35. The first-order valence-corrected chi connectivity index (χ1v) is 8.51. The normalized spacial score (nSPS) is 12.7. The molecule has 7 nitrogen and oxygen atoms in total. The van der Waals surface area contributed by atoms with E-state index in [0.717, 1.165) is 24.4 Å². The van der Waals surface area contributed by atoms with Crippen molar-refractivity contribution in [2.24, 2.45) is 5.73 Å². The van der Waals surface area contributed by atoms with Gasteiger partial charge in [0.05, 0.1) is 6.54 Å². The zero-order chi connectivity index (χ0) is 17.8. The smallest absolute Gasteiger partial charge is 0.241 e. The Morgan fingerprint density at radius 3 is 2.69 bits per heavy atom. The van der Waals surface area contributed by atoms with Crippen LogP contribution in [0, 0.1) is 0 Å². The van der Waals surface area contributed by atoms with Crippen LogP contribution in [-0.2, 0) is 13.1 Å². The topological polar surface area (TPSA) is 86.6 Å². The molecule has 1 aliphatic rings. The van der Waals surface area contributed by atoms with Crippen molar-refractivity contribution in [2.45, 2.75) is 13.1 Å². The minimum Gasteiger partial charge on any atom is -0.454 e. The lowest BCUT2D eigenvalue weighted by atomic mass is 10.2. The fourth-order valence-electron chi connectivity index (χ4n) is 2.90. The van der Waals surface area contributed by atoms with Crippen LogP contribution in [0.2, 0.25) is 0 Å². The third kappa shape index (κ3) is 3.68.